The van der Waals surface area contributed by atoms with Crippen molar-refractivity contribution in [3.05, 3.63) is 12.2 Å². The molecule has 1 saturated heterocycles. The molecule has 7 heteroatoms. The fourth-order valence-electron chi connectivity index (χ4n) is 2.04. The van der Waals surface area contributed by atoms with Crippen LogP contribution in [0.15, 0.2) is 6.33 Å². The van der Waals surface area contributed by atoms with Crippen LogP contribution in [0, 0.1) is 0 Å². The molecular weight excluding hydrogens is 262 g/mol. The van der Waals surface area contributed by atoms with Gasteiger partial charge in [-0.2, -0.15) is 5.10 Å². The first-order chi connectivity index (χ1) is 9.34. The molecule has 1 amide bonds. The van der Waals surface area contributed by atoms with Gasteiger partial charge in [-0.15, -0.1) is 11.8 Å². The highest BCUT2D eigenvalue weighted by molar-refractivity contribution is 8.00. The summed E-state index contributed by atoms with van der Waals surface area (Å²) in [5.74, 6) is 1.59. The van der Waals surface area contributed by atoms with Gasteiger partial charge in [-0.05, 0) is 32.4 Å². The number of thioether (sulfide) groups is 1. The first kappa shape index (κ1) is 14.3. The first-order valence-corrected chi connectivity index (χ1v) is 7.83. The Kier molecular flexibility index (Phi) is 6.16. The van der Waals surface area contributed by atoms with Crippen molar-refractivity contribution in [2.24, 2.45) is 0 Å². The van der Waals surface area contributed by atoms with Crippen LogP contribution in [0.5, 0.6) is 0 Å². The number of piperidine rings is 1. The quantitative estimate of drug-likeness (QED) is 0.629. The molecule has 0 spiro atoms. The van der Waals surface area contributed by atoms with Gasteiger partial charge in [-0.25, -0.2) is 4.98 Å². The van der Waals surface area contributed by atoms with Gasteiger partial charge in [-0.3, -0.25) is 9.89 Å². The molecule has 1 aromatic rings. The predicted octanol–water partition coefficient (Wildman–Crippen LogP) is 0.339. The third-order valence-corrected chi connectivity index (χ3v) is 4.49. The Morgan fingerprint density at radius 3 is 3.05 bits per heavy atom. The van der Waals surface area contributed by atoms with Crippen molar-refractivity contribution in [3.63, 3.8) is 0 Å². The molecule has 0 saturated carbocycles. The summed E-state index contributed by atoms with van der Waals surface area (Å²) in [4.78, 5) is 15.7. The maximum atomic E-state index is 11.7. The van der Waals surface area contributed by atoms with E-state index >= 15 is 0 Å². The highest BCUT2D eigenvalue weighted by Crippen LogP contribution is 2.19. The summed E-state index contributed by atoms with van der Waals surface area (Å²) in [5, 5.41) is 13.5. The number of carbonyl (C=O) groups excluding carboxylic acids is 1. The Morgan fingerprint density at radius 1 is 1.47 bits per heavy atom. The minimum absolute atomic E-state index is 0.140. The van der Waals surface area contributed by atoms with E-state index in [1.807, 2.05) is 0 Å². The van der Waals surface area contributed by atoms with Crippen molar-refractivity contribution in [1.82, 2.24) is 25.8 Å². The van der Waals surface area contributed by atoms with Crippen LogP contribution in [0.25, 0.3) is 0 Å². The molecule has 3 N–H and O–H groups in total. The van der Waals surface area contributed by atoms with Gasteiger partial charge in [0, 0.05) is 18.2 Å². The van der Waals surface area contributed by atoms with Crippen molar-refractivity contribution < 1.29 is 4.79 Å². The van der Waals surface area contributed by atoms with Crippen LogP contribution in [0.3, 0.4) is 0 Å². The Balaban J connectivity index is 1.49. The van der Waals surface area contributed by atoms with E-state index in [4.69, 9.17) is 0 Å². The summed E-state index contributed by atoms with van der Waals surface area (Å²) in [6, 6.07) is 0. The SMILES string of the molecule is O=C(CSC1CCNCC1)NCCCc1ncn[nH]1. The standard InChI is InChI=1S/C12H21N5OS/c18-12(8-19-10-3-6-13-7-4-10)14-5-1-2-11-15-9-16-17-11/h9-10,13H,1-8H2,(H,14,18)(H,15,16,17). The summed E-state index contributed by atoms with van der Waals surface area (Å²) in [7, 11) is 0. The highest BCUT2D eigenvalue weighted by Gasteiger charge is 2.14. The summed E-state index contributed by atoms with van der Waals surface area (Å²) in [6.07, 6.45) is 5.55. The van der Waals surface area contributed by atoms with Gasteiger partial charge < -0.3 is 10.6 Å². The third kappa shape index (κ3) is 5.61. The zero-order chi connectivity index (χ0) is 13.3. The summed E-state index contributed by atoms with van der Waals surface area (Å²) >= 11 is 1.78. The van der Waals surface area contributed by atoms with Gasteiger partial charge in [-0.1, -0.05) is 0 Å². The number of hydrogen-bond donors (Lipinski definition) is 3. The Labute approximate surface area is 117 Å². The molecule has 0 unspecified atom stereocenters. The number of aromatic nitrogens is 3. The van der Waals surface area contributed by atoms with E-state index in [1.54, 1.807) is 11.8 Å². The second kappa shape index (κ2) is 8.16. The third-order valence-electron chi connectivity index (χ3n) is 3.11. The van der Waals surface area contributed by atoms with Crippen LogP contribution >= 0.6 is 11.8 Å². The molecule has 0 aliphatic carbocycles. The summed E-state index contributed by atoms with van der Waals surface area (Å²) in [5.41, 5.74) is 0. The first-order valence-electron chi connectivity index (χ1n) is 6.78. The number of rotatable bonds is 7. The zero-order valence-corrected chi connectivity index (χ0v) is 11.8. The predicted molar refractivity (Wildman–Crippen MR) is 76.1 cm³/mol. The topological polar surface area (TPSA) is 82.7 Å². The average molecular weight is 283 g/mol. The highest BCUT2D eigenvalue weighted by atomic mass is 32.2. The molecule has 1 aromatic heterocycles. The molecule has 0 atom stereocenters. The van der Waals surface area contributed by atoms with Crippen LogP contribution in [0.4, 0.5) is 0 Å². The molecule has 2 rings (SSSR count). The lowest BCUT2D eigenvalue weighted by Gasteiger charge is -2.21. The lowest BCUT2D eigenvalue weighted by molar-refractivity contribution is -0.118. The summed E-state index contributed by atoms with van der Waals surface area (Å²) in [6.45, 7) is 2.86. The number of aromatic amines is 1. The van der Waals surface area contributed by atoms with E-state index in [2.05, 4.69) is 25.8 Å². The molecule has 19 heavy (non-hydrogen) atoms. The van der Waals surface area contributed by atoms with E-state index in [0.717, 1.165) is 31.8 Å². The van der Waals surface area contributed by atoms with Crippen LogP contribution in [-0.2, 0) is 11.2 Å². The molecular formula is C12H21N5OS. The van der Waals surface area contributed by atoms with Gasteiger partial charge in [0.25, 0.3) is 0 Å². The zero-order valence-electron chi connectivity index (χ0n) is 11.0. The van der Waals surface area contributed by atoms with E-state index in [1.165, 1.54) is 19.2 Å². The maximum Gasteiger partial charge on any atom is 0.230 e. The van der Waals surface area contributed by atoms with E-state index in [9.17, 15) is 4.79 Å². The average Bonchev–Trinajstić information content (AvgIpc) is 2.96. The van der Waals surface area contributed by atoms with Crippen LogP contribution in [0.1, 0.15) is 25.1 Å². The summed E-state index contributed by atoms with van der Waals surface area (Å²) < 4.78 is 0. The lowest BCUT2D eigenvalue weighted by Crippen LogP contribution is -2.31. The number of carbonyl (C=O) groups is 1. The van der Waals surface area contributed by atoms with Gasteiger partial charge >= 0.3 is 0 Å². The van der Waals surface area contributed by atoms with Crippen molar-refractivity contribution in [1.29, 1.82) is 0 Å². The van der Waals surface area contributed by atoms with Gasteiger partial charge in [0.2, 0.25) is 5.91 Å². The largest absolute Gasteiger partial charge is 0.355 e. The monoisotopic (exact) mass is 283 g/mol. The minimum atomic E-state index is 0.140. The van der Waals surface area contributed by atoms with Crippen molar-refractivity contribution in [2.75, 3.05) is 25.4 Å². The molecule has 2 heterocycles. The molecule has 1 fully saturated rings. The Bertz CT molecular complexity index is 364. The fourth-order valence-corrected chi connectivity index (χ4v) is 3.10. The van der Waals surface area contributed by atoms with Crippen molar-refractivity contribution >= 4 is 17.7 Å². The van der Waals surface area contributed by atoms with Gasteiger partial charge in [0.1, 0.15) is 12.2 Å². The number of nitrogens with one attached hydrogen (secondary N) is 3. The number of amides is 1. The second-order valence-corrected chi connectivity index (χ2v) is 5.93. The van der Waals surface area contributed by atoms with Gasteiger partial charge in [0.05, 0.1) is 5.75 Å². The van der Waals surface area contributed by atoms with Crippen LogP contribution < -0.4 is 10.6 Å². The molecule has 0 radical (unpaired) electrons. The molecule has 1 aliphatic rings. The molecule has 1 aliphatic heterocycles. The molecule has 0 bridgehead atoms. The number of nitrogens with zero attached hydrogens (tertiary/aromatic N) is 2. The number of H-pyrrole nitrogens is 1. The van der Waals surface area contributed by atoms with Crippen molar-refractivity contribution in [2.45, 2.75) is 30.9 Å². The van der Waals surface area contributed by atoms with Gasteiger partial charge in [0.15, 0.2) is 0 Å². The second-order valence-electron chi connectivity index (χ2n) is 4.65. The minimum Gasteiger partial charge on any atom is -0.355 e. The maximum absolute atomic E-state index is 11.7. The van der Waals surface area contributed by atoms with E-state index < -0.39 is 0 Å². The number of aryl methyl sites for hydroxylation is 1. The van der Waals surface area contributed by atoms with E-state index in [0.29, 0.717) is 17.5 Å². The molecule has 0 aromatic carbocycles. The van der Waals surface area contributed by atoms with Crippen LogP contribution in [0.2, 0.25) is 0 Å². The van der Waals surface area contributed by atoms with Crippen molar-refractivity contribution in [3.8, 4) is 0 Å². The molecule has 6 nitrogen and oxygen atoms in total. The fraction of sp³-hybridized carbons (Fsp3) is 0.750. The smallest absolute Gasteiger partial charge is 0.230 e. The normalized spacial score (nSPS) is 16.4. The van der Waals surface area contributed by atoms with Crippen LogP contribution in [-0.4, -0.2) is 51.7 Å². The molecule has 106 valence electrons. The lowest BCUT2D eigenvalue weighted by atomic mass is 10.2. The van der Waals surface area contributed by atoms with E-state index in [-0.39, 0.29) is 5.91 Å². The Hall–Kier alpha value is -1.08. The number of hydrogen-bond acceptors (Lipinski definition) is 5. The Morgan fingerprint density at radius 2 is 2.32 bits per heavy atom.